The maximum atomic E-state index is 10.3. The Hall–Kier alpha value is 0.269. The summed E-state index contributed by atoms with van der Waals surface area (Å²) in [6.45, 7) is 1.85. The molecule has 1 amide bonds. The van der Waals surface area contributed by atoms with Crippen LogP contribution < -0.4 is 5.32 Å². The van der Waals surface area contributed by atoms with Gasteiger partial charge in [-0.05, 0) is 0 Å². The normalized spacial score (nSPS) is 8.29. The van der Waals surface area contributed by atoms with Crippen LogP contribution >= 0.6 is 0 Å². The predicted octanol–water partition coefficient (Wildman–Crippen LogP) is -0.361. The summed E-state index contributed by atoms with van der Waals surface area (Å²) in [6, 6.07) is 0. The third kappa shape index (κ3) is 4.11. The molecule has 1 N–H and O–H groups in total. The standard InChI is InChI=1S/C4H8NO.Sn/c1-3-4(6)5-2;/h2-3H2,1H3,(H,5,6);. The first-order chi connectivity index (χ1) is 3.31. The molecule has 7 heavy (non-hydrogen) atoms. The van der Waals surface area contributed by atoms with Crippen LogP contribution in [0.25, 0.3) is 0 Å². The Kier molecular flexibility index (Phi) is 4.60. The Morgan fingerprint density at radius 1 is 1.86 bits per heavy atom. The molecule has 0 atom stereocenters. The minimum atomic E-state index is 0.150. The van der Waals surface area contributed by atoms with E-state index in [9.17, 15) is 4.79 Å². The molecule has 0 spiro atoms. The van der Waals surface area contributed by atoms with E-state index in [2.05, 4.69) is 5.32 Å². The van der Waals surface area contributed by atoms with Gasteiger partial charge in [0, 0.05) is 0 Å². The van der Waals surface area contributed by atoms with Crippen LogP contribution in [-0.2, 0) is 4.79 Å². The van der Waals surface area contributed by atoms with Crippen molar-refractivity contribution in [3.8, 4) is 0 Å². The quantitative estimate of drug-likeness (QED) is 0.612. The van der Waals surface area contributed by atoms with E-state index in [0.29, 0.717) is 6.42 Å². The molecular formula is C4H8NOSn. The summed E-state index contributed by atoms with van der Waals surface area (Å²) in [6.07, 6.45) is 0.606. The Bertz CT molecular complexity index is 64.7. The van der Waals surface area contributed by atoms with Crippen LogP contribution in [0.5, 0.6) is 0 Å². The zero-order chi connectivity index (χ0) is 5.70. The second-order valence-corrected chi connectivity index (χ2v) is 2.14. The fraction of sp³-hybridized carbons (Fsp3) is 0.750. The van der Waals surface area contributed by atoms with Gasteiger partial charge in [-0.2, -0.15) is 0 Å². The molecular weight excluding hydrogens is 197 g/mol. The van der Waals surface area contributed by atoms with Crippen LogP contribution in [0.1, 0.15) is 13.3 Å². The Labute approximate surface area is 56.8 Å². The molecule has 0 aromatic carbocycles. The van der Waals surface area contributed by atoms with Crippen LogP contribution in [-0.4, -0.2) is 33.0 Å². The number of hydrogen-bond acceptors (Lipinski definition) is 1. The fourth-order valence-corrected chi connectivity index (χ4v) is 0.786. The van der Waals surface area contributed by atoms with Gasteiger partial charge >= 0.3 is 56.4 Å². The molecule has 0 aliphatic heterocycles. The van der Waals surface area contributed by atoms with Crippen LogP contribution in [0.4, 0.5) is 0 Å². The summed E-state index contributed by atoms with van der Waals surface area (Å²) in [5.74, 6) is 0.150. The number of amides is 1. The average Bonchev–Trinajstić information content (AvgIpc) is 1.68. The Morgan fingerprint density at radius 3 is 2.57 bits per heavy atom. The third-order valence-electron chi connectivity index (χ3n) is 0.607. The molecule has 0 aliphatic carbocycles. The molecule has 39 valence electrons. The number of rotatable bonds is 2. The first-order valence-corrected chi connectivity index (χ1v) is 4.24. The molecule has 0 saturated heterocycles. The van der Waals surface area contributed by atoms with E-state index in [1.165, 1.54) is 22.5 Å². The SMILES string of the molecule is CCC(=O)N[CH2][Sn]. The Balaban J connectivity index is 3.00. The van der Waals surface area contributed by atoms with Gasteiger partial charge in [-0.3, -0.25) is 0 Å². The van der Waals surface area contributed by atoms with Gasteiger partial charge in [-0.25, -0.2) is 0 Å². The molecule has 3 radical (unpaired) electrons. The zero-order valence-corrected chi connectivity index (χ0v) is 7.18. The number of hydrogen-bond donors (Lipinski definition) is 1. The van der Waals surface area contributed by atoms with Crippen molar-refractivity contribution in [2.24, 2.45) is 0 Å². The molecule has 0 fully saturated rings. The molecule has 0 saturated carbocycles. The van der Waals surface area contributed by atoms with E-state index in [0.717, 1.165) is 4.56 Å². The van der Waals surface area contributed by atoms with Gasteiger partial charge in [0.2, 0.25) is 0 Å². The topological polar surface area (TPSA) is 29.1 Å². The summed E-state index contributed by atoms with van der Waals surface area (Å²) in [4.78, 5) is 10.3. The van der Waals surface area contributed by atoms with E-state index >= 15 is 0 Å². The monoisotopic (exact) mass is 206 g/mol. The minimum absolute atomic E-state index is 0.150. The van der Waals surface area contributed by atoms with Crippen LogP contribution in [0.15, 0.2) is 0 Å². The number of carbonyl (C=O) groups excluding carboxylic acids is 1. The van der Waals surface area contributed by atoms with E-state index < -0.39 is 0 Å². The van der Waals surface area contributed by atoms with E-state index in [1.807, 2.05) is 6.92 Å². The summed E-state index contributed by atoms with van der Waals surface area (Å²) in [5, 5.41) is 2.70. The van der Waals surface area contributed by atoms with Crippen molar-refractivity contribution in [3.63, 3.8) is 0 Å². The number of nitrogens with one attached hydrogen (secondary N) is 1. The molecule has 0 rings (SSSR count). The van der Waals surface area contributed by atoms with Crippen molar-refractivity contribution < 1.29 is 4.79 Å². The second-order valence-electron chi connectivity index (χ2n) is 1.13. The van der Waals surface area contributed by atoms with Crippen molar-refractivity contribution in [2.45, 2.75) is 13.3 Å². The molecule has 3 heteroatoms. The molecule has 0 aromatic heterocycles. The molecule has 0 heterocycles. The van der Waals surface area contributed by atoms with Crippen molar-refractivity contribution in [1.82, 2.24) is 5.32 Å². The maximum absolute atomic E-state index is 10.3. The molecule has 2 nitrogen and oxygen atoms in total. The zero-order valence-electron chi connectivity index (χ0n) is 4.32. The van der Waals surface area contributed by atoms with Gasteiger partial charge in [0.05, 0.1) is 0 Å². The van der Waals surface area contributed by atoms with Crippen molar-refractivity contribution >= 4 is 28.4 Å². The van der Waals surface area contributed by atoms with Crippen molar-refractivity contribution in [1.29, 1.82) is 0 Å². The van der Waals surface area contributed by atoms with Crippen LogP contribution in [0, 0.1) is 0 Å². The second kappa shape index (κ2) is 4.43. The molecule has 0 aliphatic rings. The first kappa shape index (κ1) is 7.27. The van der Waals surface area contributed by atoms with E-state index in [4.69, 9.17) is 0 Å². The fourth-order valence-electron chi connectivity index (χ4n) is 0.224. The van der Waals surface area contributed by atoms with Crippen molar-refractivity contribution in [2.75, 3.05) is 4.56 Å². The van der Waals surface area contributed by atoms with Crippen molar-refractivity contribution in [3.05, 3.63) is 0 Å². The molecule has 0 unspecified atom stereocenters. The first-order valence-electron chi connectivity index (χ1n) is 2.22. The summed E-state index contributed by atoms with van der Waals surface area (Å²) in [7, 11) is 0. The van der Waals surface area contributed by atoms with E-state index in [-0.39, 0.29) is 5.91 Å². The third-order valence-corrected chi connectivity index (χ3v) is 1.11. The summed E-state index contributed by atoms with van der Waals surface area (Å²) >= 11 is 1.36. The van der Waals surface area contributed by atoms with Gasteiger partial charge in [0.15, 0.2) is 0 Å². The van der Waals surface area contributed by atoms with Gasteiger partial charge in [-0.1, -0.05) is 0 Å². The van der Waals surface area contributed by atoms with Gasteiger partial charge in [-0.15, -0.1) is 0 Å². The van der Waals surface area contributed by atoms with E-state index in [1.54, 1.807) is 0 Å². The van der Waals surface area contributed by atoms with Crippen LogP contribution in [0.2, 0.25) is 0 Å². The van der Waals surface area contributed by atoms with Gasteiger partial charge in [0.25, 0.3) is 0 Å². The Morgan fingerprint density at radius 2 is 2.43 bits per heavy atom. The van der Waals surface area contributed by atoms with Crippen LogP contribution in [0.3, 0.4) is 0 Å². The number of carbonyl (C=O) groups is 1. The van der Waals surface area contributed by atoms with Gasteiger partial charge in [0.1, 0.15) is 0 Å². The van der Waals surface area contributed by atoms with Gasteiger partial charge < -0.3 is 0 Å². The average molecular weight is 205 g/mol. The predicted molar refractivity (Wildman–Crippen MR) is 29.1 cm³/mol. The summed E-state index contributed by atoms with van der Waals surface area (Å²) < 4.78 is 0.833. The molecule has 0 bridgehead atoms. The summed E-state index contributed by atoms with van der Waals surface area (Å²) in [5.41, 5.74) is 0. The molecule has 0 aromatic rings.